The molecular weight excluding hydrogens is 334 g/mol. The number of nitrogens with two attached hydrogens (primary N) is 1. The Bertz CT molecular complexity index is 964. The van der Waals surface area contributed by atoms with Gasteiger partial charge in [-0.15, -0.1) is 10.2 Å². The van der Waals surface area contributed by atoms with Crippen LogP contribution in [0.2, 0.25) is 0 Å². The second kappa shape index (κ2) is 6.63. The van der Waals surface area contributed by atoms with Crippen molar-refractivity contribution in [2.24, 2.45) is 5.73 Å². The van der Waals surface area contributed by atoms with Gasteiger partial charge < -0.3 is 14.7 Å². The molecule has 2 heterocycles. The molecular formula is C16H12F2N4O3. The number of primary amides is 1. The predicted octanol–water partition coefficient (Wildman–Crippen LogP) is 1.98. The van der Waals surface area contributed by atoms with Crippen LogP contribution in [0.15, 0.2) is 51.8 Å². The number of carbonyl (C=O) groups is 1. The Hall–Kier alpha value is -3.36. The van der Waals surface area contributed by atoms with Crippen LogP contribution in [0, 0.1) is 0 Å². The molecule has 0 saturated carbocycles. The van der Waals surface area contributed by atoms with E-state index in [1.165, 1.54) is 22.9 Å². The zero-order chi connectivity index (χ0) is 18.0. The van der Waals surface area contributed by atoms with Crippen molar-refractivity contribution < 1.29 is 18.0 Å². The molecule has 0 spiro atoms. The first-order valence-electron chi connectivity index (χ1n) is 7.15. The van der Waals surface area contributed by atoms with Crippen molar-refractivity contribution in [2.75, 3.05) is 0 Å². The molecule has 9 heteroatoms. The lowest BCUT2D eigenvalue weighted by Gasteiger charge is -2.06. The highest BCUT2D eigenvalue weighted by atomic mass is 19.3. The number of carbonyl (C=O) groups excluding carboxylic acids is 1. The fourth-order valence-corrected chi connectivity index (χ4v) is 2.18. The lowest BCUT2D eigenvalue weighted by atomic mass is 10.1. The summed E-state index contributed by atoms with van der Waals surface area (Å²) in [6.07, 6.45) is -1.38. The van der Waals surface area contributed by atoms with Crippen molar-refractivity contribution in [3.8, 4) is 11.5 Å². The van der Waals surface area contributed by atoms with Crippen LogP contribution in [0.4, 0.5) is 8.78 Å². The summed E-state index contributed by atoms with van der Waals surface area (Å²) in [4.78, 5) is 23.2. The highest BCUT2D eigenvalue weighted by Crippen LogP contribution is 2.22. The summed E-state index contributed by atoms with van der Waals surface area (Å²) >= 11 is 0. The average molecular weight is 346 g/mol. The molecule has 128 valence electrons. The van der Waals surface area contributed by atoms with Crippen molar-refractivity contribution >= 4 is 5.91 Å². The van der Waals surface area contributed by atoms with E-state index in [-0.39, 0.29) is 23.6 Å². The molecule has 0 saturated heterocycles. The van der Waals surface area contributed by atoms with Gasteiger partial charge in [0.25, 0.3) is 11.4 Å². The van der Waals surface area contributed by atoms with Crippen LogP contribution in [0.5, 0.6) is 0 Å². The summed E-state index contributed by atoms with van der Waals surface area (Å²) in [5, 5.41) is 6.72. The molecule has 0 aliphatic rings. The van der Waals surface area contributed by atoms with Gasteiger partial charge in [0.2, 0.25) is 11.8 Å². The van der Waals surface area contributed by atoms with Gasteiger partial charge in [0.15, 0.2) is 0 Å². The third-order valence-electron chi connectivity index (χ3n) is 3.46. The number of halogens is 2. The molecule has 7 nitrogen and oxygen atoms in total. The Kier molecular flexibility index (Phi) is 4.38. The van der Waals surface area contributed by atoms with Crippen LogP contribution in [0.3, 0.4) is 0 Å². The minimum atomic E-state index is -2.87. The number of pyridine rings is 1. The number of rotatable bonds is 5. The fourth-order valence-electron chi connectivity index (χ4n) is 2.18. The summed E-state index contributed by atoms with van der Waals surface area (Å²) in [7, 11) is 0. The van der Waals surface area contributed by atoms with Gasteiger partial charge in [0.05, 0.1) is 6.54 Å². The molecule has 0 aliphatic heterocycles. The Balaban J connectivity index is 1.82. The third kappa shape index (κ3) is 3.60. The lowest BCUT2D eigenvalue weighted by molar-refractivity contribution is 0.1000. The molecule has 0 bridgehead atoms. The van der Waals surface area contributed by atoms with E-state index in [9.17, 15) is 18.4 Å². The summed E-state index contributed by atoms with van der Waals surface area (Å²) in [6, 6.07) is 9.26. The molecule has 0 radical (unpaired) electrons. The molecule has 25 heavy (non-hydrogen) atoms. The van der Waals surface area contributed by atoms with Crippen LogP contribution in [-0.4, -0.2) is 20.7 Å². The number of aromatic nitrogens is 3. The van der Waals surface area contributed by atoms with Gasteiger partial charge >= 0.3 is 6.43 Å². The molecule has 0 atom stereocenters. The van der Waals surface area contributed by atoms with Gasteiger partial charge in [-0.25, -0.2) is 0 Å². The van der Waals surface area contributed by atoms with Crippen LogP contribution in [-0.2, 0) is 6.54 Å². The zero-order valence-corrected chi connectivity index (χ0v) is 12.7. The monoisotopic (exact) mass is 346 g/mol. The number of nitrogens with zero attached hydrogens (tertiary/aromatic N) is 3. The smallest absolute Gasteiger partial charge is 0.314 e. The van der Waals surface area contributed by atoms with Crippen LogP contribution < -0.4 is 11.3 Å². The van der Waals surface area contributed by atoms with E-state index >= 15 is 0 Å². The van der Waals surface area contributed by atoms with E-state index in [1.54, 1.807) is 24.3 Å². The Morgan fingerprint density at radius 2 is 1.92 bits per heavy atom. The second-order valence-electron chi connectivity index (χ2n) is 5.19. The Morgan fingerprint density at radius 1 is 1.20 bits per heavy atom. The molecule has 3 aromatic rings. The Morgan fingerprint density at radius 3 is 2.48 bits per heavy atom. The number of alkyl halides is 2. The highest BCUT2D eigenvalue weighted by Gasteiger charge is 2.17. The molecule has 2 aromatic heterocycles. The number of hydrogen-bond donors (Lipinski definition) is 1. The van der Waals surface area contributed by atoms with Gasteiger partial charge in [0, 0.05) is 23.4 Å². The number of amides is 1. The minimum absolute atomic E-state index is 0.148. The van der Waals surface area contributed by atoms with E-state index < -0.39 is 18.2 Å². The maximum absolute atomic E-state index is 12.5. The van der Waals surface area contributed by atoms with Gasteiger partial charge in [0.1, 0.15) is 0 Å². The third-order valence-corrected chi connectivity index (χ3v) is 3.46. The van der Waals surface area contributed by atoms with Crippen LogP contribution >= 0.6 is 0 Å². The number of benzene rings is 1. The van der Waals surface area contributed by atoms with Crippen molar-refractivity contribution in [3.05, 3.63) is 70.0 Å². The van der Waals surface area contributed by atoms with E-state index in [0.717, 1.165) is 5.56 Å². The molecule has 2 N–H and O–H groups in total. The van der Waals surface area contributed by atoms with E-state index in [0.29, 0.717) is 5.56 Å². The predicted molar refractivity (Wildman–Crippen MR) is 83.0 cm³/mol. The van der Waals surface area contributed by atoms with Gasteiger partial charge in [-0.2, -0.15) is 8.78 Å². The average Bonchev–Trinajstić information content (AvgIpc) is 3.07. The molecule has 0 fully saturated rings. The van der Waals surface area contributed by atoms with Crippen molar-refractivity contribution in [2.45, 2.75) is 13.0 Å². The zero-order valence-electron chi connectivity index (χ0n) is 12.7. The summed E-state index contributed by atoms with van der Waals surface area (Å²) in [6.45, 7) is 0.268. The number of hydrogen-bond acceptors (Lipinski definition) is 5. The normalized spacial score (nSPS) is 11.0. The maximum Gasteiger partial charge on any atom is 0.314 e. The molecule has 3 rings (SSSR count). The largest absolute Gasteiger partial charge is 0.415 e. The van der Waals surface area contributed by atoms with E-state index in [1.807, 2.05) is 0 Å². The summed E-state index contributed by atoms with van der Waals surface area (Å²) < 4.78 is 31.2. The molecule has 0 aliphatic carbocycles. The van der Waals surface area contributed by atoms with E-state index in [2.05, 4.69) is 10.2 Å². The SMILES string of the molecule is NC(=O)c1ccc(Cn2ccc(-c3nnc(C(F)F)o3)cc2=O)cc1. The van der Waals surface area contributed by atoms with Crippen LogP contribution in [0.1, 0.15) is 28.2 Å². The summed E-state index contributed by atoms with van der Waals surface area (Å²) in [5.74, 6) is -1.48. The van der Waals surface area contributed by atoms with Gasteiger partial charge in [-0.1, -0.05) is 12.1 Å². The Labute approximate surface area is 139 Å². The highest BCUT2D eigenvalue weighted by molar-refractivity contribution is 5.92. The van der Waals surface area contributed by atoms with Crippen molar-refractivity contribution in [1.29, 1.82) is 0 Å². The van der Waals surface area contributed by atoms with E-state index in [4.69, 9.17) is 10.2 Å². The fraction of sp³-hybridized carbons (Fsp3) is 0.125. The molecule has 1 amide bonds. The first-order valence-corrected chi connectivity index (χ1v) is 7.15. The second-order valence-corrected chi connectivity index (χ2v) is 5.19. The molecule has 0 unspecified atom stereocenters. The first kappa shape index (κ1) is 16.5. The lowest BCUT2D eigenvalue weighted by Crippen LogP contribution is -2.19. The maximum atomic E-state index is 12.5. The van der Waals surface area contributed by atoms with Gasteiger partial charge in [-0.05, 0) is 23.8 Å². The first-order chi connectivity index (χ1) is 11.9. The molecule has 1 aromatic carbocycles. The topological polar surface area (TPSA) is 104 Å². The summed E-state index contributed by atoms with van der Waals surface area (Å²) in [5.41, 5.74) is 6.22. The van der Waals surface area contributed by atoms with Crippen LogP contribution in [0.25, 0.3) is 11.5 Å². The quantitative estimate of drug-likeness (QED) is 0.761. The van der Waals surface area contributed by atoms with Crippen molar-refractivity contribution in [3.63, 3.8) is 0 Å². The minimum Gasteiger partial charge on any atom is -0.415 e. The van der Waals surface area contributed by atoms with Crippen molar-refractivity contribution in [1.82, 2.24) is 14.8 Å². The standard InChI is InChI=1S/C16H12F2N4O3/c17-13(18)16-21-20-15(25-16)11-5-6-22(12(23)7-11)8-9-1-3-10(4-2-9)14(19)24/h1-7,13H,8H2,(H2,19,24). The van der Waals surface area contributed by atoms with Gasteiger partial charge in [-0.3, -0.25) is 9.59 Å².